The molecule has 126 valence electrons. The summed E-state index contributed by atoms with van der Waals surface area (Å²) >= 11 is 0. The van der Waals surface area contributed by atoms with Gasteiger partial charge in [0.2, 0.25) is 11.9 Å². The van der Waals surface area contributed by atoms with Crippen molar-refractivity contribution < 1.29 is 14.3 Å². The number of rotatable bonds is 4. The van der Waals surface area contributed by atoms with E-state index >= 15 is 0 Å². The van der Waals surface area contributed by atoms with Crippen LogP contribution < -0.4 is 5.32 Å². The van der Waals surface area contributed by atoms with E-state index in [1.807, 2.05) is 30.3 Å². The monoisotopic (exact) mass is 327 g/mol. The number of methoxy groups -OCH3 is 1. The van der Waals surface area contributed by atoms with E-state index < -0.39 is 11.2 Å². The van der Waals surface area contributed by atoms with Crippen LogP contribution in [0.15, 0.2) is 36.5 Å². The van der Waals surface area contributed by atoms with Crippen molar-refractivity contribution >= 4 is 11.9 Å². The van der Waals surface area contributed by atoms with E-state index in [1.54, 1.807) is 13.3 Å². The van der Waals surface area contributed by atoms with Gasteiger partial charge in [0, 0.05) is 13.5 Å². The molecule has 1 saturated heterocycles. The molecule has 2 heterocycles. The number of imidazole rings is 1. The van der Waals surface area contributed by atoms with Gasteiger partial charge in [0.15, 0.2) is 5.79 Å². The molecule has 1 saturated carbocycles. The molecule has 1 aliphatic heterocycles. The number of carbonyl (C=O) groups is 1. The molecule has 1 aromatic carbocycles. The lowest BCUT2D eigenvalue weighted by atomic mass is 9.79. The van der Waals surface area contributed by atoms with Gasteiger partial charge in [-0.3, -0.25) is 10.1 Å². The summed E-state index contributed by atoms with van der Waals surface area (Å²) in [6.07, 6.45) is 4.86. The summed E-state index contributed by atoms with van der Waals surface area (Å²) in [6.45, 7) is 0.550. The lowest BCUT2D eigenvalue weighted by Crippen LogP contribution is -2.50. The first-order valence-corrected chi connectivity index (χ1v) is 8.30. The molecule has 0 spiro atoms. The summed E-state index contributed by atoms with van der Waals surface area (Å²) in [5.41, 5.74) is 1.28. The van der Waals surface area contributed by atoms with Crippen molar-refractivity contribution in [3.05, 3.63) is 36.5 Å². The molecule has 2 aliphatic rings. The van der Waals surface area contributed by atoms with Crippen molar-refractivity contribution in [2.45, 2.75) is 31.5 Å². The summed E-state index contributed by atoms with van der Waals surface area (Å²) in [5, 5.41) is 2.93. The quantitative estimate of drug-likeness (QED) is 0.905. The van der Waals surface area contributed by atoms with Crippen LogP contribution in [0.25, 0.3) is 11.3 Å². The minimum atomic E-state index is -0.786. The predicted octanol–water partition coefficient (Wildman–Crippen LogP) is 2.95. The third-order valence-electron chi connectivity index (χ3n) is 5.36. The van der Waals surface area contributed by atoms with Crippen LogP contribution >= 0.6 is 0 Å². The Kier molecular flexibility index (Phi) is 3.66. The van der Waals surface area contributed by atoms with E-state index in [0.717, 1.165) is 30.5 Å². The molecule has 2 atom stereocenters. The zero-order valence-electron chi connectivity index (χ0n) is 13.7. The van der Waals surface area contributed by atoms with E-state index in [1.165, 1.54) is 0 Å². The van der Waals surface area contributed by atoms with Crippen LogP contribution in [0.2, 0.25) is 0 Å². The summed E-state index contributed by atoms with van der Waals surface area (Å²) < 4.78 is 11.5. The number of H-pyrrole nitrogens is 1. The van der Waals surface area contributed by atoms with Crippen LogP contribution in [0.5, 0.6) is 0 Å². The number of hydrogen-bond donors (Lipinski definition) is 2. The fourth-order valence-corrected chi connectivity index (χ4v) is 4.10. The number of ether oxygens (including phenoxy) is 2. The van der Waals surface area contributed by atoms with Crippen molar-refractivity contribution in [2.75, 3.05) is 19.0 Å². The number of aromatic amines is 1. The Morgan fingerprint density at radius 3 is 2.92 bits per heavy atom. The van der Waals surface area contributed by atoms with Gasteiger partial charge < -0.3 is 14.5 Å². The van der Waals surface area contributed by atoms with Crippen LogP contribution in [-0.2, 0) is 14.3 Å². The van der Waals surface area contributed by atoms with Gasteiger partial charge in [-0.15, -0.1) is 0 Å². The molecule has 2 aromatic rings. The van der Waals surface area contributed by atoms with E-state index in [0.29, 0.717) is 19.0 Å². The highest BCUT2D eigenvalue weighted by atomic mass is 16.7. The van der Waals surface area contributed by atoms with Crippen LogP contribution in [0.4, 0.5) is 5.95 Å². The number of hydrogen-bond acceptors (Lipinski definition) is 4. The van der Waals surface area contributed by atoms with E-state index in [4.69, 9.17) is 9.47 Å². The zero-order chi connectivity index (χ0) is 16.6. The topological polar surface area (TPSA) is 76.2 Å². The molecule has 6 nitrogen and oxygen atoms in total. The Balaban J connectivity index is 1.56. The fourth-order valence-electron chi connectivity index (χ4n) is 4.10. The smallest absolute Gasteiger partial charge is 0.238 e. The molecule has 2 N–H and O–H groups in total. The molecule has 1 amide bonds. The Morgan fingerprint density at radius 2 is 2.12 bits per heavy atom. The maximum atomic E-state index is 13.0. The number of anilines is 1. The lowest BCUT2D eigenvalue weighted by Gasteiger charge is -2.36. The number of nitrogens with one attached hydrogen (secondary N) is 2. The number of nitrogens with zero attached hydrogens (tertiary/aromatic N) is 1. The van der Waals surface area contributed by atoms with Gasteiger partial charge in [-0.25, -0.2) is 4.98 Å². The fraction of sp³-hybridized carbons (Fsp3) is 0.444. The predicted molar refractivity (Wildman–Crippen MR) is 89.2 cm³/mol. The van der Waals surface area contributed by atoms with Crippen molar-refractivity contribution in [1.82, 2.24) is 9.97 Å². The second-order valence-electron chi connectivity index (χ2n) is 6.46. The van der Waals surface area contributed by atoms with Crippen molar-refractivity contribution in [2.24, 2.45) is 5.41 Å². The number of benzene rings is 1. The van der Waals surface area contributed by atoms with E-state index in [-0.39, 0.29) is 5.91 Å². The Labute approximate surface area is 140 Å². The Bertz CT molecular complexity index is 731. The third kappa shape index (κ3) is 2.17. The average molecular weight is 327 g/mol. The Morgan fingerprint density at radius 1 is 1.29 bits per heavy atom. The zero-order valence-corrected chi connectivity index (χ0v) is 13.7. The SMILES string of the molecule is CO[C@]12CCC[C@@]1(C(=O)Nc1ncc(-c3ccccc3)[nH]1)CCO2. The normalized spacial score (nSPS) is 28.7. The molecule has 0 unspecified atom stereocenters. The first-order chi connectivity index (χ1) is 11.7. The number of carbonyl (C=O) groups excluding carboxylic acids is 1. The molecule has 2 fully saturated rings. The molecular weight excluding hydrogens is 306 g/mol. The maximum Gasteiger partial charge on any atom is 0.238 e. The number of amides is 1. The molecule has 4 rings (SSSR count). The highest BCUT2D eigenvalue weighted by molar-refractivity contribution is 5.95. The summed E-state index contributed by atoms with van der Waals surface area (Å²) in [6, 6.07) is 9.89. The second-order valence-corrected chi connectivity index (χ2v) is 6.46. The second kappa shape index (κ2) is 5.72. The third-order valence-corrected chi connectivity index (χ3v) is 5.36. The van der Waals surface area contributed by atoms with Crippen LogP contribution in [0.1, 0.15) is 25.7 Å². The van der Waals surface area contributed by atoms with Gasteiger partial charge in [0.25, 0.3) is 0 Å². The first kappa shape index (κ1) is 15.4. The van der Waals surface area contributed by atoms with Gasteiger partial charge in [-0.1, -0.05) is 30.3 Å². The standard InChI is InChI=1S/C18H21N3O3/c1-23-18-9-5-8-17(18,10-11-24-18)15(22)21-16-19-12-14(20-16)13-6-3-2-4-7-13/h2-4,6-7,12H,5,8-11H2,1H3,(H2,19,20,21,22)/t17-,18-/m0/s1. The van der Waals surface area contributed by atoms with Gasteiger partial charge in [0.05, 0.1) is 18.5 Å². The van der Waals surface area contributed by atoms with Gasteiger partial charge in [0.1, 0.15) is 5.41 Å². The molecular formula is C18H21N3O3. The van der Waals surface area contributed by atoms with Gasteiger partial charge >= 0.3 is 0 Å². The Hall–Kier alpha value is -2.18. The van der Waals surface area contributed by atoms with Gasteiger partial charge in [-0.2, -0.15) is 0 Å². The van der Waals surface area contributed by atoms with Crippen molar-refractivity contribution in [1.29, 1.82) is 0 Å². The molecule has 0 radical (unpaired) electrons. The van der Waals surface area contributed by atoms with Crippen LogP contribution in [0.3, 0.4) is 0 Å². The first-order valence-electron chi connectivity index (χ1n) is 8.30. The summed E-state index contributed by atoms with van der Waals surface area (Å²) in [5.74, 6) is -0.406. The molecule has 1 aromatic heterocycles. The van der Waals surface area contributed by atoms with E-state index in [9.17, 15) is 4.79 Å². The van der Waals surface area contributed by atoms with Gasteiger partial charge in [-0.05, 0) is 24.8 Å². The van der Waals surface area contributed by atoms with Crippen molar-refractivity contribution in [3.63, 3.8) is 0 Å². The van der Waals surface area contributed by atoms with Crippen LogP contribution in [-0.4, -0.2) is 35.4 Å². The molecule has 1 aliphatic carbocycles. The summed E-state index contributed by atoms with van der Waals surface area (Å²) in [4.78, 5) is 20.5. The largest absolute Gasteiger partial charge is 0.352 e. The maximum absolute atomic E-state index is 13.0. The van der Waals surface area contributed by atoms with Crippen molar-refractivity contribution in [3.8, 4) is 11.3 Å². The summed E-state index contributed by atoms with van der Waals surface area (Å²) in [7, 11) is 1.62. The minimum Gasteiger partial charge on any atom is -0.352 e. The minimum absolute atomic E-state index is 0.0756. The molecule has 0 bridgehead atoms. The molecule has 24 heavy (non-hydrogen) atoms. The number of fused-ring (bicyclic) bond motifs is 1. The molecule has 6 heteroatoms. The highest BCUT2D eigenvalue weighted by Gasteiger charge is 2.64. The highest BCUT2D eigenvalue weighted by Crippen LogP contribution is 2.56. The lowest BCUT2D eigenvalue weighted by molar-refractivity contribution is -0.227. The van der Waals surface area contributed by atoms with Crippen LogP contribution in [0, 0.1) is 5.41 Å². The average Bonchev–Trinajstić information content (AvgIpc) is 3.28. The van der Waals surface area contributed by atoms with E-state index in [2.05, 4.69) is 15.3 Å². The number of aromatic nitrogens is 2.